The number of nitrogens with zero attached hydrogens (tertiary/aromatic N) is 5. The van der Waals surface area contributed by atoms with E-state index in [1.165, 1.54) is 65.1 Å². The van der Waals surface area contributed by atoms with Gasteiger partial charge in [0.1, 0.15) is 13.9 Å². The summed E-state index contributed by atoms with van der Waals surface area (Å²) in [5.41, 5.74) is 6.82. The zero-order valence-corrected chi connectivity index (χ0v) is 42.8. The van der Waals surface area contributed by atoms with E-state index in [1.54, 1.807) is 16.8 Å². The van der Waals surface area contributed by atoms with Gasteiger partial charge in [-0.1, -0.05) is 208 Å². The molecule has 1 aliphatic rings. The summed E-state index contributed by atoms with van der Waals surface area (Å²) in [6.07, 6.45) is 10.5. The summed E-state index contributed by atoms with van der Waals surface area (Å²) in [5, 5.41) is 4.65. The minimum atomic E-state index is -2.75. The molecule has 0 aliphatic carbocycles. The fourth-order valence-electron chi connectivity index (χ4n) is 10.6. The predicted molar refractivity (Wildman–Crippen MR) is 287 cm³/mol. The Hall–Kier alpha value is -7.18. The number of benzene rings is 7. The number of rotatable bonds is 9. The number of hydrogen-bond donors (Lipinski definition) is 0. The van der Waals surface area contributed by atoms with Crippen molar-refractivity contribution in [3.63, 3.8) is 0 Å². The Morgan fingerprint density at radius 3 is 2.24 bits per heavy atom. The molecule has 0 atom stereocenters. The van der Waals surface area contributed by atoms with Crippen LogP contribution in [0.2, 0.25) is 12.1 Å². The molecule has 8 heteroatoms. The minimum absolute atomic E-state index is 0. The molecule has 4 aromatic heterocycles. The van der Waals surface area contributed by atoms with E-state index in [-0.39, 0.29) is 49.0 Å². The molecule has 5 heterocycles. The fraction of sp³-hybridized carbons (Fsp3) is 0.159. The summed E-state index contributed by atoms with van der Waals surface area (Å²) < 4.78 is 80.2. The van der Waals surface area contributed by atoms with Gasteiger partial charge in [0.15, 0.2) is 0 Å². The average Bonchev–Trinajstić information content (AvgIpc) is 4.18. The summed E-state index contributed by atoms with van der Waals surface area (Å²) in [4.78, 5) is 9.56. The second kappa shape index (κ2) is 18.9. The normalized spacial score (nSPS) is 15.4. The van der Waals surface area contributed by atoms with Gasteiger partial charge < -0.3 is 9.30 Å². The van der Waals surface area contributed by atoms with Crippen LogP contribution in [0.15, 0.2) is 188 Å². The van der Waals surface area contributed by atoms with Gasteiger partial charge in [0.2, 0.25) is 0 Å². The summed E-state index contributed by atoms with van der Waals surface area (Å²) in [6.45, 7) is 4.01. The molecular weight excluding hydrogens is 1070 g/mol. The number of imidazole rings is 1. The monoisotopic (exact) mass is 1130 g/mol. The molecule has 0 unspecified atom stereocenters. The van der Waals surface area contributed by atoms with E-state index < -0.39 is 45.1 Å². The van der Waals surface area contributed by atoms with Crippen molar-refractivity contribution < 1.29 is 41.3 Å². The van der Waals surface area contributed by atoms with Crippen molar-refractivity contribution in [2.75, 3.05) is 0 Å². The first kappa shape index (κ1) is 37.6. The van der Waals surface area contributed by atoms with Crippen molar-refractivity contribution in [3.8, 4) is 51.1 Å². The first-order valence-electron chi connectivity index (χ1n) is 27.9. The SMILES string of the molecule is [2H]c1c([2H])c([2H])c(-c2cnc(-n3c4[c-]c(Oc5[c-]c(-n6[c-][n+](-c7c(-c8cccc([Si]9(c%10ccccc%10)CCCCC9)c8)cccc7C(C)(C)C)c7ccccc76)ncc5)ccc4c4ccccc43)cc2C([2H])([2H])[2H])c([2H])c1[2H].[Pt]. The molecule has 0 N–H and O–H groups in total. The third-order valence-electron chi connectivity index (χ3n) is 13.9. The van der Waals surface area contributed by atoms with E-state index in [9.17, 15) is 0 Å². The average molecular weight is 1130 g/mol. The van der Waals surface area contributed by atoms with Crippen LogP contribution in [0.5, 0.6) is 11.5 Å². The molecule has 1 saturated heterocycles. The van der Waals surface area contributed by atoms with Crippen molar-refractivity contribution in [2.45, 2.75) is 64.4 Å². The maximum atomic E-state index is 8.64. The summed E-state index contributed by atoms with van der Waals surface area (Å²) in [5.74, 6) is 1.40. The molecule has 71 heavy (non-hydrogen) atoms. The molecule has 0 saturated carbocycles. The Bertz CT molecular complexity index is 4140. The van der Waals surface area contributed by atoms with Crippen LogP contribution in [0, 0.1) is 25.3 Å². The van der Waals surface area contributed by atoms with Gasteiger partial charge in [0, 0.05) is 48.2 Å². The maximum absolute atomic E-state index is 8.64. The first-order chi connectivity index (χ1) is 37.5. The van der Waals surface area contributed by atoms with Gasteiger partial charge in [-0.25, -0.2) is 4.98 Å². The van der Waals surface area contributed by atoms with Crippen LogP contribution in [-0.4, -0.2) is 27.2 Å². The van der Waals surface area contributed by atoms with Crippen LogP contribution in [-0.2, 0) is 26.5 Å². The van der Waals surface area contributed by atoms with Gasteiger partial charge in [0.25, 0.3) is 6.33 Å². The van der Waals surface area contributed by atoms with Crippen molar-refractivity contribution in [2.24, 2.45) is 0 Å². The maximum Gasteiger partial charge on any atom is 0.269 e. The predicted octanol–water partition coefficient (Wildman–Crippen LogP) is 13.7. The molecule has 0 radical (unpaired) electrons. The Kier molecular flexibility index (Phi) is 9.99. The topological polar surface area (TPSA) is 48.8 Å². The van der Waals surface area contributed by atoms with Gasteiger partial charge in [-0.3, -0.25) is 14.1 Å². The van der Waals surface area contributed by atoms with E-state index in [2.05, 4.69) is 129 Å². The molecule has 11 aromatic rings. The van der Waals surface area contributed by atoms with Crippen molar-refractivity contribution in [1.29, 1.82) is 0 Å². The molecule has 12 rings (SSSR count). The van der Waals surface area contributed by atoms with E-state index in [0.717, 1.165) is 33.1 Å². The summed E-state index contributed by atoms with van der Waals surface area (Å²) >= 11 is 0. The smallest absolute Gasteiger partial charge is 0.269 e. The first-order valence-corrected chi connectivity index (χ1v) is 26.3. The van der Waals surface area contributed by atoms with Crippen molar-refractivity contribution in [1.82, 2.24) is 19.1 Å². The number of pyridine rings is 2. The van der Waals surface area contributed by atoms with Crippen LogP contribution in [0.3, 0.4) is 0 Å². The van der Waals surface area contributed by atoms with Crippen LogP contribution in [0.25, 0.3) is 72.4 Å². The van der Waals surface area contributed by atoms with Crippen LogP contribution >= 0.6 is 0 Å². The number of para-hydroxylation sites is 4. The molecule has 7 aromatic carbocycles. The summed E-state index contributed by atoms with van der Waals surface area (Å²) in [6, 6.07) is 56.6. The van der Waals surface area contributed by atoms with Gasteiger partial charge in [-0.15, -0.1) is 17.5 Å². The Balaban J connectivity index is 0.00000660. The molecule has 352 valence electrons. The number of ether oxygens (including phenoxy) is 1. The van der Waals surface area contributed by atoms with Crippen LogP contribution in [0.4, 0.5) is 0 Å². The number of aromatic nitrogens is 5. The van der Waals surface area contributed by atoms with Gasteiger partial charge >= 0.3 is 0 Å². The third kappa shape index (κ3) is 8.35. The quantitative estimate of drug-likeness (QED) is 0.0822. The fourth-order valence-corrected chi connectivity index (χ4v) is 15.7. The molecule has 1 aliphatic heterocycles. The van der Waals surface area contributed by atoms with Gasteiger partial charge in [-0.2, -0.15) is 18.2 Å². The second-order valence-corrected chi connectivity index (χ2v) is 23.5. The second-order valence-electron chi connectivity index (χ2n) is 19.2. The van der Waals surface area contributed by atoms with Crippen LogP contribution in [0.1, 0.15) is 62.1 Å². The van der Waals surface area contributed by atoms with Crippen molar-refractivity contribution in [3.05, 3.63) is 218 Å². The standard InChI is InChI=1S/C63H53N5OSi.Pt/c1-44-38-61(65-42-54(44)45-20-8-5-9-21-45)68-56-29-13-12-26-52(56)53-33-32-47(40-59(53)68)69-48-34-35-64-60(41-48)66-43-67(58-31-15-14-30-57(58)66)62-51(27-19-28-55(62)63(2,3)4)46-22-18-25-50(39-46)70(36-16-7-17-37-70)49-23-10-6-11-24-49;/h5-6,8-15,18-35,38-39,42H,7,16-17,36-37H2,1-4H3;/q-2;/i1D3,5D,8D,9D,20D,21D;. The van der Waals surface area contributed by atoms with E-state index in [0.29, 0.717) is 28.4 Å². The van der Waals surface area contributed by atoms with Gasteiger partial charge in [-0.05, 0) is 75.4 Å². The Morgan fingerprint density at radius 1 is 0.676 bits per heavy atom. The van der Waals surface area contributed by atoms with E-state index in [1.807, 2.05) is 53.1 Å². The van der Waals surface area contributed by atoms with Crippen LogP contribution < -0.4 is 19.7 Å². The zero-order chi connectivity index (χ0) is 54.3. The molecule has 0 spiro atoms. The Labute approximate surface area is 442 Å². The Morgan fingerprint density at radius 2 is 1.42 bits per heavy atom. The van der Waals surface area contributed by atoms with E-state index in [4.69, 9.17) is 25.7 Å². The van der Waals surface area contributed by atoms with E-state index >= 15 is 0 Å². The largest absolute Gasteiger partial charge is 0.522 e. The number of fused-ring (bicyclic) bond motifs is 4. The molecule has 0 bridgehead atoms. The molecule has 1 fully saturated rings. The zero-order valence-electron chi connectivity index (χ0n) is 47.5. The third-order valence-corrected chi connectivity index (χ3v) is 19.2. The summed E-state index contributed by atoms with van der Waals surface area (Å²) in [7, 11) is -2.03. The molecular formula is C63H53N5OPtSi-2. The minimum Gasteiger partial charge on any atom is -0.522 e. The number of hydrogen-bond acceptors (Lipinski definition) is 3. The molecule has 6 nitrogen and oxygen atoms in total. The number of aryl methyl sites for hydroxylation is 1. The van der Waals surface area contributed by atoms with Crippen molar-refractivity contribution >= 4 is 51.3 Å². The molecule has 0 amide bonds. The van der Waals surface area contributed by atoms with Gasteiger partial charge in [0.05, 0.1) is 29.4 Å².